The van der Waals surface area contributed by atoms with Gasteiger partial charge in [-0.2, -0.15) is 0 Å². The maximum Gasteiger partial charge on any atom is 0.164 e. The van der Waals surface area contributed by atoms with E-state index < -0.39 is 0 Å². The summed E-state index contributed by atoms with van der Waals surface area (Å²) in [7, 11) is 1.66. The van der Waals surface area contributed by atoms with Crippen molar-refractivity contribution in [1.29, 1.82) is 0 Å². The highest BCUT2D eigenvalue weighted by Gasteiger charge is 2.12. The Morgan fingerprint density at radius 3 is 2.65 bits per heavy atom. The molecule has 0 bridgehead atoms. The van der Waals surface area contributed by atoms with E-state index in [9.17, 15) is 0 Å². The van der Waals surface area contributed by atoms with E-state index in [4.69, 9.17) is 19.9 Å². The maximum absolute atomic E-state index is 6.04. The highest BCUT2D eigenvalue weighted by atomic mass is 16.5. The van der Waals surface area contributed by atoms with Crippen LogP contribution in [0.25, 0.3) is 0 Å². The molecule has 0 radical (unpaired) electrons. The fourth-order valence-electron chi connectivity index (χ4n) is 1.95. The van der Waals surface area contributed by atoms with Crippen molar-refractivity contribution in [2.75, 3.05) is 26.9 Å². The van der Waals surface area contributed by atoms with Gasteiger partial charge in [-0.1, -0.05) is 19.1 Å². The van der Waals surface area contributed by atoms with Gasteiger partial charge in [0, 0.05) is 25.7 Å². The smallest absolute Gasteiger partial charge is 0.164 e. The van der Waals surface area contributed by atoms with Gasteiger partial charge in [0.25, 0.3) is 0 Å². The number of para-hydroxylation sites is 1. The van der Waals surface area contributed by atoms with E-state index in [1.165, 1.54) is 0 Å². The first kappa shape index (κ1) is 16.8. The van der Waals surface area contributed by atoms with Gasteiger partial charge in [0.2, 0.25) is 0 Å². The molecule has 0 aliphatic rings. The van der Waals surface area contributed by atoms with E-state index >= 15 is 0 Å². The molecule has 0 fully saturated rings. The summed E-state index contributed by atoms with van der Waals surface area (Å²) >= 11 is 0. The SMILES string of the molecule is CCOCCCOc1c(CC(N)CC)cccc1OC. The molecule has 0 aliphatic carbocycles. The molecule has 0 saturated heterocycles. The zero-order chi connectivity index (χ0) is 14.8. The van der Waals surface area contributed by atoms with Gasteiger partial charge >= 0.3 is 0 Å². The fraction of sp³-hybridized carbons (Fsp3) is 0.625. The third kappa shape index (κ3) is 5.39. The second-order valence-corrected chi connectivity index (χ2v) is 4.72. The van der Waals surface area contributed by atoms with Crippen LogP contribution in [0.5, 0.6) is 11.5 Å². The van der Waals surface area contributed by atoms with Crippen molar-refractivity contribution in [1.82, 2.24) is 0 Å². The van der Waals surface area contributed by atoms with Gasteiger partial charge in [-0.3, -0.25) is 0 Å². The lowest BCUT2D eigenvalue weighted by Crippen LogP contribution is -2.22. The second kappa shape index (κ2) is 9.61. The summed E-state index contributed by atoms with van der Waals surface area (Å²) in [6.07, 6.45) is 2.61. The Morgan fingerprint density at radius 2 is 2.00 bits per heavy atom. The van der Waals surface area contributed by atoms with E-state index in [0.717, 1.165) is 49.5 Å². The quantitative estimate of drug-likeness (QED) is 0.670. The summed E-state index contributed by atoms with van der Waals surface area (Å²) in [6.45, 7) is 6.16. The molecule has 0 amide bonds. The van der Waals surface area contributed by atoms with Gasteiger partial charge in [-0.15, -0.1) is 0 Å². The summed E-state index contributed by atoms with van der Waals surface area (Å²) in [6, 6.07) is 6.09. The Kier molecular flexibility index (Phi) is 8.07. The fourth-order valence-corrected chi connectivity index (χ4v) is 1.95. The highest BCUT2D eigenvalue weighted by Crippen LogP contribution is 2.32. The van der Waals surface area contributed by atoms with Crippen molar-refractivity contribution >= 4 is 0 Å². The van der Waals surface area contributed by atoms with Gasteiger partial charge in [0.1, 0.15) is 0 Å². The molecule has 4 nitrogen and oxygen atoms in total. The van der Waals surface area contributed by atoms with Crippen molar-refractivity contribution in [3.8, 4) is 11.5 Å². The molecule has 114 valence electrons. The van der Waals surface area contributed by atoms with Crippen LogP contribution in [0.1, 0.15) is 32.3 Å². The van der Waals surface area contributed by atoms with Crippen LogP contribution in [0.15, 0.2) is 18.2 Å². The molecule has 1 aromatic carbocycles. The van der Waals surface area contributed by atoms with Crippen LogP contribution in [0.4, 0.5) is 0 Å². The topological polar surface area (TPSA) is 53.7 Å². The molecule has 20 heavy (non-hydrogen) atoms. The van der Waals surface area contributed by atoms with Crippen LogP contribution < -0.4 is 15.2 Å². The summed E-state index contributed by atoms with van der Waals surface area (Å²) < 4.78 is 16.6. The Hall–Kier alpha value is -1.26. The van der Waals surface area contributed by atoms with Gasteiger partial charge in [-0.05, 0) is 31.4 Å². The molecule has 0 heterocycles. The van der Waals surface area contributed by atoms with Crippen molar-refractivity contribution in [2.24, 2.45) is 5.73 Å². The molecular weight excluding hydrogens is 254 g/mol. The van der Waals surface area contributed by atoms with Crippen LogP contribution in [0, 0.1) is 0 Å². The molecule has 1 aromatic rings. The number of ether oxygens (including phenoxy) is 3. The predicted octanol–water partition coefficient (Wildman–Crippen LogP) is 2.78. The monoisotopic (exact) mass is 281 g/mol. The average molecular weight is 281 g/mol. The number of nitrogens with two attached hydrogens (primary N) is 1. The Bertz CT molecular complexity index is 382. The molecule has 1 atom stereocenters. The largest absolute Gasteiger partial charge is 0.493 e. The maximum atomic E-state index is 6.04. The molecule has 4 heteroatoms. The lowest BCUT2D eigenvalue weighted by molar-refractivity contribution is 0.130. The first-order chi connectivity index (χ1) is 9.72. The van der Waals surface area contributed by atoms with E-state index in [1.807, 2.05) is 19.1 Å². The minimum Gasteiger partial charge on any atom is -0.493 e. The minimum absolute atomic E-state index is 0.146. The summed E-state index contributed by atoms with van der Waals surface area (Å²) in [5, 5.41) is 0. The molecule has 0 aromatic heterocycles. The van der Waals surface area contributed by atoms with Crippen LogP contribution in [-0.4, -0.2) is 33.0 Å². The van der Waals surface area contributed by atoms with Crippen molar-refractivity contribution in [3.05, 3.63) is 23.8 Å². The van der Waals surface area contributed by atoms with Crippen LogP contribution in [-0.2, 0) is 11.2 Å². The van der Waals surface area contributed by atoms with Gasteiger partial charge in [0.15, 0.2) is 11.5 Å². The van der Waals surface area contributed by atoms with E-state index in [-0.39, 0.29) is 6.04 Å². The minimum atomic E-state index is 0.146. The number of rotatable bonds is 10. The number of hydrogen-bond acceptors (Lipinski definition) is 4. The van der Waals surface area contributed by atoms with Crippen molar-refractivity contribution in [3.63, 3.8) is 0 Å². The van der Waals surface area contributed by atoms with Gasteiger partial charge in [0.05, 0.1) is 13.7 Å². The Labute approximate surface area is 122 Å². The lowest BCUT2D eigenvalue weighted by Gasteiger charge is -2.17. The van der Waals surface area contributed by atoms with Gasteiger partial charge < -0.3 is 19.9 Å². The van der Waals surface area contributed by atoms with E-state index in [2.05, 4.69) is 13.0 Å². The van der Waals surface area contributed by atoms with Gasteiger partial charge in [-0.25, -0.2) is 0 Å². The van der Waals surface area contributed by atoms with Crippen molar-refractivity contribution in [2.45, 2.75) is 39.2 Å². The zero-order valence-electron chi connectivity index (χ0n) is 12.9. The van der Waals surface area contributed by atoms with Crippen LogP contribution in [0.3, 0.4) is 0 Å². The Balaban J connectivity index is 2.68. The standard InChI is InChI=1S/C16H27NO3/c1-4-14(17)12-13-8-6-9-15(18-3)16(13)20-11-7-10-19-5-2/h6,8-9,14H,4-5,7,10-12,17H2,1-3H3. The number of benzene rings is 1. The average Bonchev–Trinajstić information content (AvgIpc) is 2.47. The molecule has 2 N–H and O–H groups in total. The number of methoxy groups -OCH3 is 1. The summed E-state index contributed by atoms with van der Waals surface area (Å²) in [5.41, 5.74) is 7.15. The summed E-state index contributed by atoms with van der Waals surface area (Å²) in [4.78, 5) is 0. The first-order valence-electron chi connectivity index (χ1n) is 7.34. The lowest BCUT2D eigenvalue weighted by atomic mass is 10.0. The molecule has 1 rings (SSSR count). The van der Waals surface area contributed by atoms with Crippen molar-refractivity contribution < 1.29 is 14.2 Å². The zero-order valence-corrected chi connectivity index (χ0v) is 12.9. The Morgan fingerprint density at radius 1 is 1.20 bits per heavy atom. The predicted molar refractivity (Wildman–Crippen MR) is 81.6 cm³/mol. The third-order valence-corrected chi connectivity index (χ3v) is 3.17. The van der Waals surface area contributed by atoms with Crippen LogP contribution >= 0.6 is 0 Å². The molecular formula is C16H27NO3. The molecule has 1 unspecified atom stereocenters. The van der Waals surface area contributed by atoms with E-state index in [1.54, 1.807) is 7.11 Å². The molecule has 0 aliphatic heterocycles. The molecule has 0 spiro atoms. The van der Waals surface area contributed by atoms with E-state index in [0.29, 0.717) is 6.61 Å². The second-order valence-electron chi connectivity index (χ2n) is 4.72. The van der Waals surface area contributed by atoms with Crippen LogP contribution in [0.2, 0.25) is 0 Å². The number of hydrogen-bond donors (Lipinski definition) is 1. The summed E-state index contributed by atoms with van der Waals surface area (Å²) in [5.74, 6) is 1.58. The normalized spacial score (nSPS) is 12.2. The highest BCUT2D eigenvalue weighted by molar-refractivity contribution is 5.47. The molecule has 0 saturated carbocycles. The third-order valence-electron chi connectivity index (χ3n) is 3.17. The first-order valence-corrected chi connectivity index (χ1v) is 7.34.